The second-order valence-electron chi connectivity index (χ2n) is 4.31. The number of amides is 1. The highest BCUT2D eigenvalue weighted by molar-refractivity contribution is 14.1. The zero-order chi connectivity index (χ0) is 14.0. The maximum atomic E-state index is 13.0. The van der Waals surface area contributed by atoms with Crippen LogP contribution in [-0.4, -0.2) is 34.4 Å². The molecule has 1 unspecified atom stereocenters. The van der Waals surface area contributed by atoms with E-state index >= 15 is 0 Å². The molecule has 1 aliphatic heterocycles. The summed E-state index contributed by atoms with van der Waals surface area (Å²) in [5.74, 6) is -0.572. The van der Waals surface area contributed by atoms with Crippen molar-refractivity contribution in [1.82, 2.24) is 4.90 Å². The van der Waals surface area contributed by atoms with Crippen LogP contribution in [-0.2, 0) is 0 Å². The van der Waals surface area contributed by atoms with Crippen LogP contribution in [0.25, 0.3) is 0 Å². The smallest absolute Gasteiger partial charge is 0.255 e. The molecule has 3 N–H and O–H groups in total. The van der Waals surface area contributed by atoms with Gasteiger partial charge in [-0.15, -0.1) is 0 Å². The molecule has 5 nitrogen and oxygen atoms in total. The molecule has 1 heterocycles. The van der Waals surface area contributed by atoms with E-state index in [1.165, 1.54) is 18.2 Å². The van der Waals surface area contributed by atoms with Crippen molar-refractivity contribution in [1.29, 1.82) is 0 Å². The number of carbonyl (C=O) groups excluding carboxylic acids is 1. The fourth-order valence-electron chi connectivity index (χ4n) is 2.20. The van der Waals surface area contributed by atoms with Crippen LogP contribution < -0.4 is 5.73 Å². The minimum absolute atomic E-state index is 0.0305. The van der Waals surface area contributed by atoms with Gasteiger partial charge >= 0.3 is 0 Å². The second kappa shape index (κ2) is 5.72. The minimum Gasteiger partial charge on any atom is -0.409 e. The van der Waals surface area contributed by atoms with Gasteiger partial charge in [0.1, 0.15) is 5.82 Å². The van der Waals surface area contributed by atoms with E-state index in [1.807, 2.05) is 22.6 Å². The van der Waals surface area contributed by atoms with Gasteiger partial charge in [-0.25, -0.2) is 4.39 Å². The van der Waals surface area contributed by atoms with Crippen molar-refractivity contribution in [3.63, 3.8) is 0 Å². The quantitative estimate of drug-likeness (QED) is 0.271. The van der Waals surface area contributed by atoms with Crippen LogP contribution in [0.15, 0.2) is 23.4 Å². The molecule has 1 aromatic carbocycles. The molecule has 1 atom stereocenters. The monoisotopic (exact) mass is 377 g/mol. The first-order valence-electron chi connectivity index (χ1n) is 5.78. The van der Waals surface area contributed by atoms with Gasteiger partial charge in [-0.05, 0) is 53.6 Å². The standard InChI is InChI=1S/C12H13FIN3O2/c13-7-3-4-8(9(14)6-7)12(18)17-5-1-2-10(17)11(15)16-19/h3-4,6,10,19H,1-2,5H2,(H2,15,16). The third-order valence-electron chi connectivity index (χ3n) is 3.13. The number of hydrogen-bond donors (Lipinski definition) is 2. The third kappa shape index (κ3) is 2.80. The fourth-order valence-corrected chi connectivity index (χ4v) is 2.91. The van der Waals surface area contributed by atoms with Crippen LogP contribution >= 0.6 is 22.6 Å². The van der Waals surface area contributed by atoms with Gasteiger partial charge in [0.05, 0.1) is 11.6 Å². The number of oxime groups is 1. The number of nitrogens with two attached hydrogens (primary N) is 1. The molecule has 19 heavy (non-hydrogen) atoms. The van der Waals surface area contributed by atoms with E-state index in [-0.39, 0.29) is 17.6 Å². The van der Waals surface area contributed by atoms with Gasteiger partial charge in [0.25, 0.3) is 5.91 Å². The SMILES string of the molecule is N/C(=N/O)C1CCCN1C(=O)c1ccc(F)cc1I. The van der Waals surface area contributed by atoms with Crippen molar-refractivity contribution in [2.24, 2.45) is 10.9 Å². The Morgan fingerprint density at radius 3 is 2.95 bits per heavy atom. The molecular formula is C12H13FIN3O2. The summed E-state index contributed by atoms with van der Waals surface area (Å²) in [4.78, 5) is 14.0. The molecular weight excluding hydrogens is 364 g/mol. The fraction of sp³-hybridized carbons (Fsp3) is 0.333. The van der Waals surface area contributed by atoms with Gasteiger partial charge in [0.2, 0.25) is 0 Å². The van der Waals surface area contributed by atoms with Crippen molar-refractivity contribution >= 4 is 34.3 Å². The third-order valence-corrected chi connectivity index (χ3v) is 4.02. The molecule has 1 aliphatic rings. The summed E-state index contributed by atoms with van der Waals surface area (Å²) in [6, 6.07) is 3.63. The zero-order valence-electron chi connectivity index (χ0n) is 10.0. The number of nitrogens with zero attached hydrogens (tertiary/aromatic N) is 2. The van der Waals surface area contributed by atoms with Gasteiger partial charge in [-0.2, -0.15) is 0 Å². The zero-order valence-corrected chi connectivity index (χ0v) is 12.2. The number of likely N-dealkylation sites (tertiary alicyclic amines) is 1. The second-order valence-corrected chi connectivity index (χ2v) is 5.47. The highest BCUT2D eigenvalue weighted by Crippen LogP contribution is 2.23. The first-order valence-corrected chi connectivity index (χ1v) is 6.86. The number of carbonyl (C=O) groups is 1. The van der Waals surface area contributed by atoms with Gasteiger partial charge in [-0.1, -0.05) is 5.16 Å². The van der Waals surface area contributed by atoms with Crippen LogP contribution in [0.5, 0.6) is 0 Å². The first kappa shape index (κ1) is 14.0. The summed E-state index contributed by atoms with van der Waals surface area (Å²) in [7, 11) is 0. The van der Waals surface area contributed by atoms with Crippen molar-refractivity contribution in [2.45, 2.75) is 18.9 Å². The predicted molar refractivity (Wildman–Crippen MR) is 76.6 cm³/mol. The molecule has 2 rings (SSSR count). The molecule has 0 spiro atoms. The molecule has 1 fully saturated rings. The average Bonchev–Trinajstić information content (AvgIpc) is 2.86. The highest BCUT2D eigenvalue weighted by atomic mass is 127. The molecule has 0 saturated carbocycles. The first-order chi connectivity index (χ1) is 9.04. The maximum absolute atomic E-state index is 13.0. The van der Waals surface area contributed by atoms with Gasteiger partial charge < -0.3 is 15.8 Å². The van der Waals surface area contributed by atoms with Crippen molar-refractivity contribution in [3.8, 4) is 0 Å². The van der Waals surface area contributed by atoms with E-state index in [9.17, 15) is 9.18 Å². The van der Waals surface area contributed by atoms with E-state index in [0.717, 1.165) is 6.42 Å². The normalized spacial score (nSPS) is 19.8. The largest absolute Gasteiger partial charge is 0.409 e. The summed E-state index contributed by atoms with van der Waals surface area (Å²) in [5.41, 5.74) is 6.02. The van der Waals surface area contributed by atoms with Crippen LogP contribution in [0.3, 0.4) is 0 Å². The van der Waals surface area contributed by atoms with E-state index in [1.54, 1.807) is 4.90 Å². The Kier molecular flexibility index (Phi) is 4.23. The Morgan fingerprint density at radius 1 is 1.58 bits per heavy atom. The Balaban J connectivity index is 2.28. The summed E-state index contributed by atoms with van der Waals surface area (Å²) >= 11 is 1.92. The highest BCUT2D eigenvalue weighted by Gasteiger charge is 2.33. The van der Waals surface area contributed by atoms with Crippen LogP contribution in [0, 0.1) is 9.39 Å². The lowest BCUT2D eigenvalue weighted by Crippen LogP contribution is -2.44. The van der Waals surface area contributed by atoms with Crippen molar-refractivity contribution in [2.75, 3.05) is 6.54 Å². The summed E-state index contributed by atoms with van der Waals surface area (Å²) < 4.78 is 13.6. The molecule has 0 aliphatic carbocycles. The lowest BCUT2D eigenvalue weighted by molar-refractivity contribution is 0.0767. The Hall–Kier alpha value is -1.38. The van der Waals surface area contributed by atoms with Gasteiger partial charge in [0, 0.05) is 10.1 Å². The average molecular weight is 377 g/mol. The van der Waals surface area contributed by atoms with E-state index in [4.69, 9.17) is 10.9 Å². The maximum Gasteiger partial charge on any atom is 0.255 e. The van der Waals surface area contributed by atoms with Crippen molar-refractivity contribution < 1.29 is 14.4 Å². The number of benzene rings is 1. The Labute approximate surface area is 123 Å². The molecule has 1 aromatic rings. The summed E-state index contributed by atoms with van der Waals surface area (Å²) in [6.07, 6.45) is 1.46. The topological polar surface area (TPSA) is 78.9 Å². The molecule has 0 radical (unpaired) electrons. The predicted octanol–water partition coefficient (Wildman–Crippen LogP) is 1.78. The van der Waals surface area contributed by atoms with Crippen LogP contribution in [0.1, 0.15) is 23.2 Å². The molecule has 1 saturated heterocycles. The molecule has 0 bridgehead atoms. The Bertz CT molecular complexity index is 536. The Morgan fingerprint density at radius 2 is 2.32 bits per heavy atom. The lowest BCUT2D eigenvalue weighted by Gasteiger charge is -2.24. The molecule has 0 aromatic heterocycles. The number of rotatable bonds is 2. The van der Waals surface area contributed by atoms with Crippen molar-refractivity contribution in [3.05, 3.63) is 33.1 Å². The number of amidine groups is 1. The van der Waals surface area contributed by atoms with Crippen LogP contribution in [0.2, 0.25) is 0 Å². The van der Waals surface area contributed by atoms with E-state index in [0.29, 0.717) is 22.1 Å². The number of halogens is 2. The summed E-state index contributed by atoms with van der Waals surface area (Å²) in [6.45, 7) is 0.549. The molecule has 7 heteroatoms. The van der Waals surface area contributed by atoms with E-state index in [2.05, 4.69) is 5.16 Å². The molecule has 1 amide bonds. The minimum atomic E-state index is -0.390. The number of hydrogen-bond acceptors (Lipinski definition) is 3. The summed E-state index contributed by atoms with van der Waals surface area (Å²) in [5, 5.41) is 11.7. The van der Waals surface area contributed by atoms with Gasteiger partial charge in [-0.3, -0.25) is 4.79 Å². The molecule has 102 valence electrons. The lowest BCUT2D eigenvalue weighted by atomic mass is 10.1. The van der Waals surface area contributed by atoms with E-state index < -0.39 is 6.04 Å². The van der Waals surface area contributed by atoms with Gasteiger partial charge in [0.15, 0.2) is 5.84 Å². The van der Waals surface area contributed by atoms with Crippen LogP contribution in [0.4, 0.5) is 4.39 Å².